The van der Waals surface area contributed by atoms with Crippen molar-refractivity contribution in [3.05, 3.63) is 126 Å². The number of rotatable bonds is 9. The van der Waals surface area contributed by atoms with Crippen LogP contribution in [-0.2, 0) is 9.59 Å². The molecule has 0 aliphatic carbocycles. The monoisotopic (exact) mass is 536 g/mol. The number of nitrogens with one attached hydrogen (secondary N) is 3. The SMILES string of the molecule is Cc1ccccc1/C=C(\NC(=O)c1ccccc1)C(=O)Nc1cccc(SC(C)C(=O)Nc2ccccn2)c1. The Morgan fingerprint density at radius 2 is 1.59 bits per heavy atom. The van der Waals surface area contributed by atoms with Gasteiger partial charge in [-0.25, -0.2) is 4.98 Å². The molecule has 196 valence electrons. The van der Waals surface area contributed by atoms with Crippen molar-refractivity contribution in [3.8, 4) is 0 Å². The predicted molar refractivity (Wildman–Crippen MR) is 156 cm³/mol. The summed E-state index contributed by atoms with van der Waals surface area (Å²) in [6.07, 6.45) is 3.28. The molecule has 1 unspecified atom stereocenters. The Morgan fingerprint density at radius 3 is 2.33 bits per heavy atom. The van der Waals surface area contributed by atoms with Gasteiger partial charge in [-0.15, -0.1) is 11.8 Å². The molecule has 3 N–H and O–H groups in total. The molecule has 0 fully saturated rings. The van der Waals surface area contributed by atoms with E-state index in [9.17, 15) is 14.4 Å². The number of carbonyl (C=O) groups excluding carboxylic acids is 3. The highest BCUT2D eigenvalue weighted by Crippen LogP contribution is 2.27. The van der Waals surface area contributed by atoms with Gasteiger partial charge in [0, 0.05) is 22.3 Å². The van der Waals surface area contributed by atoms with E-state index in [1.165, 1.54) is 11.8 Å². The first-order chi connectivity index (χ1) is 18.9. The van der Waals surface area contributed by atoms with E-state index in [2.05, 4.69) is 20.9 Å². The number of pyridine rings is 1. The van der Waals surface area contributed by atoms with Gasteiger partial charge >= 0.3 is 0 Å². The number of thioether (sulfide) groups is 1. The molecule has 4 aromatic rings. The summed E-state index contributed by atoms with van der Waals surface area (Å²) in [7, 11) is 0. The third-order valence-electron chi connectivity index (χ3n) is 5.71. The lowest BCUT2D eigenvalue weighted by molar-refractivity contribution is -0.115. The average Bonchev–Trinajstić information content (AvgIpc) is 2.95. The van der Waals surface area contributed by atoms with Crippen LogP contribution in [0.2, 0.25) is 0 Å². The van der Waals surface area contributed by atoms with Gasteiger partial charge in [0.2, 0.25) is 5.91 Å². The quantitative estimate of drug-likeness (QED) is 0.182. The third kappa shape index (κ3) is 7.90. The van der Waals surface area contributed by atoms with Gasteiger partial charge in [-0.3, -0.25) is 14.4 Å². The number of nitrogens with zero attached hydrogens (tertiary/aromatic N) is 1. The highest BCUT2D eigenvalue weighted by Gasteiger charge is 2.18. The van der Waals surface area contributed by atoms with E-state index >= 15 is 0 Å². The van der Waals surface area contributed by atoms with Crippen molar-refractivity contribution in [2.24, 2.45) is 0 Å². The minimum atomic E-state index is -0.467. The van der Waals surface area contributed by atoms with Gasteiger partial charge < -0.3 is 16.0 Å². The molecule has 0 saturated heterocycles. The van der Waals surface area contributed by atoms with Crippen LogP contribution in [0, 0.1) is 6.92 Å². The molecule has 0 aliphatic rings. The number of aromatic nitrogens is 1. The normalized spacial score (nSPS) is 11.8. The van der Waals surface area contributed by atoms with Crippen molar-refractivity contribution in [3.63, 3.8) is 0 Å². The van der Waals surface area contributed by atoms with Gasteiger partial charge in [-0.05, 0) is 73.5 Å². The Kier molecular flexibility index (Phi) is 9.26. The molecule has 4 rings (SSSR count). The summed E-state index contributed by atoms with van der Waals surface area (Å²) in [4.78, 5) is 43.8. The minimum absolute atomic E-state index is 0.110. The number of hydrogen-bond donors (Lipinski definition) is 3. The lowest BCUT2D eigenvalue weighted by Gasteiger charge is -2.14. The highest BCUT2D eigenvalue weighted by molar-refractivity contribution is 8.00. The Morgan fingerprint density at radius 1 is 0.846 bits per heavy atom. The second-order valence-electron chi connectivity index (χ2n) is 8.68. The number of hydrogen-bond acceptors (Lipinski definition) is 5. The van der Waals surface area contributed by atoms with Crippen molar-refractivity contribution < 1.29 is 14.4 Å². The summed E-state index contributed by atoms with van der Waals surface area (Å²) in [6.45, 7) is 3.74. The van der Waals surface area contributed by atoms with Crippen LogP contribution in [0.3, 0.4) is 0 Å². The van der Waals surface area contributed by atoms with Gasteiger partial charge in [0.15, 0.2) is 0 Å². The Balaban J connectivity index is 1.49. The zero-order valence-electron chi connectivity index (χ0n) is 21.5. The smallest absolute Gasteiger partial charge is 0.272 e. The average molecular weight is 537 g/mol. The molecule has 0 aliphatic heterocycles. The van der Waals surface area contributed by atoms with Crippen LogP contribution in [0.15, 0.2) is 114 Å². The molecule has 39 heavy (non-hydrogen) atoms. The molecule has 7 nitrogen and oxygen atoms in total. The molecule has 1 aromatic heterocycles. The fourth-order valence-corrected chi connectivity index (χ4v) is 4.54. The summed E-state index contributed by atoms with van der Waals surface area (Å²) >= 11 is 1.36. The van der Waals surface area contributed by atoms with Crippen molar-refractivity contribution in [2.45, 2.75) is 24.0 Å². The van der Waals surface area contributed by atoms with Crippen molar-refractivity contribution in [1.29, 1.82) is 0 Å². The Hall–Kier alpha value is -4.69. The van der Waals surface area contributed by atoms with E-state index in [0.717, 1.165) is 16.0 Å². The molecule has 0 radical (unpaired) electrons. The summed E-state index contributed by atoms with van der Waals surface area (Å²) in [6, 6.07) is 28.8. The lowest BCUT2D eigenvalue weighted by atomic mass is 10.1. The Labute approximate surface area is 231 Å². The molecule has 0 spiro atoms. The maximum absolute atomic E-state index is 13.4. The van der Waals surface area contributed by atoms with E-state index in [1.54, 1.807) is 79.9 Å². The van der Waals surface area contributed by atoms with E-state index in [-0.39, 0.29) is 17.5 Å². The number of anilines is 2. The van der Waals surface area contributed by atoms with E-state index in [1.807, 2.05) is 43.3 Å². The molecule has 0 bridgehead atoms. The van der Waals surface area contributed by atoms with Gasteiger partial charge in [0.05, 0.1) is 5.25 Å². The number of benzene rings is 3. The molecule has 1 heterocycles. The molecule has 1 atom stereocenters. The molecular formula is C31H28N4O3S. The lowest BCUT2D eigenvalue weighted by Crippen LogP contribution is -2.30. The van der Waals surface area contributed by atoms with Crippen LogP contribution in [0.1, 0.15) is 28.4 Å². The first-order valence-electron chi connectivity index (χ1n) is 12.3. The van der Waals surface area contributed by atoms with Gasteiger partial charge in [0.1, 0.15) is 11.5 Å². The van der Waals surface area contributed by atoms with Crippen molar-refractivity contribution >= 4 is 47.1 Å². The number of carbonyl (C=O) groups is 3. The van der Waals surface area contributed by atoms with Crippen LogP contribution in [0.5, 0.6) is 0 Å². The summed E-state index contributed by atoms with van der Waals surface area (Å²) in [5, 5.41) is 8.03. The standard InChI is InChI=1S/C31H28N4O3S/c1-21-11-6-7-14-24(21)19-27(34-30(37)23-12-4-3-5-13-23)31(38)33-25-15-10-16-26(20-25)39-22(2)29(36)35-28-17-8-9-18-32-28/h3-20,22H,1-2H3,(H,33,38)(H,34,37)(H,32,35,36)/b27-19-. The van der Waals surface area contributed by atoms with E-state index < -0.39 is 11.2 Å². The zero-order chi connectivity index (χ0) is 27.6. The second-order valence-corrected chi connectivity index (χ2v) is 10.1. The van der Waals surface area contributed by atoms with Crippen LogP contribution >= 0.6 is 11.8 Å². The van der Waals surface area contributed by atoms with Gasteiger partial charge in [-0.1, -0.05) is 54.6 Å². The summed E-state index contributed by atoms with van der Waals surface area (Å²) in [5.41, 5.74) is 2.87. The fourth-order valence-electron chi connectivity index (χ4n) is 3.61. The predicted octanol–water partition coefficient (Wildman–Crippen LogP) is 5.92. The first-order valence-corrected chi connectivity index (χ1v) is 13.2. The fraction of sp³-hybridized carbons (Fsp3) is 0.0968. The maximum Gasteiger partial charge on any atom is 0.272 e. The maximum atomic E-state index is 13.4. The van der Waals surface area contributed by atoms with Crippen LogP contribution in [0.4, 0.5) is 11.5 Å². The molecule has 0 saturated carbocycles. The largest absolute Gasteiger partial charge is 0.321 e. The molecule has 3 amide bonds. The van der Waals surface area contributed by atoms with Crippen molar-refractivity contribution in [1.82, 2.24) is 10.3 Å². The molecular weight excluding hydrogens is 508 g/mol. The van der Waals surface area contributed by atoms with Crippen LogP contribution in [0.25, 0.3) is 6.08 Å². The molecule has 8 heteroatoms. The third-order valence-corrected chi connectivity index (χ3v) is 6.80. The Bertz CT molecular complexity index is 1490. The zero-order valence-corrected chi connectivity index (χ0v) is 22.4. The van der Waals surface area contributed by atoms with E-state index in [0.29, 0.717) is 17.1 Å². The summed E-state index contributed by atoms with van der Waals surface area (Å²) in [5.74, 6) is -0.546. The topological polar surface area (TPSA) is 100 Å². The van der Waals surface area contributed by atoms with Crippen LogP contribution in [-0.4, -0.2) is 28.0 Å². The highest BCUT2D eigenvalue weighted by atomic mass is 32.2. The number of amides is 3. The summed E-state index contributed by atoms with van der Waals surface area (Å²) < 4.78 is 0. The van der Waals surface area contributed by atoms with Crippen LogP contribution < -0.4 is 16.0 Å². The number of aryl methyl sites for hydroxylation is 1. The van der Waals surface area contributed by atoms with Crippen molar-refractivity contribution in [2.75, 3.05) is 10.6 Å². The van der Waals surface area contributed by atoms with Gasteiger partial charge in [0.25, 0.3) is 11.8 Å². The molecule has 3 aromatic carbocycles. The second kappa shape index (κ2) is 13.2. The van der Waals surface area contributed by atoms with E-state index in [4.69, 9.17) is 0 Å². The van der Waals surface area contributed by atoms with Gasteiger partial charge in [-0.2, -0.15) is 0 Å². The first kappa shape index (κ1) is 27.3. The minimum Gasteiger partial charge on any atom is -0.321 e.